The molecule has 0 saturated heterocycles. The molecule has 1 aromatic heterocycles. The fourth-order valence-corrected chi connectivity index (χ4v) is 6.26. The van der Waals surface area contributed by atoms with Crippen LogP contribution in [0.3, 0.4) is 0 Å². The molecule has 3 atom stereocenters. The molecule has 4 aromatic rings. The highest BCUT2D eigenvalue weighted by Gasteiger charge is 2.31. The number of nitrogens with one attached hydrogen (secondary N) is 4. The zero-order valence-corrected chi connectivity index (χ0v) is 29.3. The number of anilines is 1. The summed E-state index contributed by atoms with van der Waals surface area (Å²) in [6.45, 7) is 4.42. The number of nitrogens with zero attached hydrogens (tertiary/aromatic N) is 1. The molecule has 9 N–H and O–H groups in total. The van der Waals surface area contributed by atoms with Crippen LogP contribution in [0.15, 0.2) is 84.9 Å². The Balaban J connectivity index is 1.61. The van der Waals surface area contributed by atoms with E-state index in [1.165, 1.54) is 12.1 Å². The number of guanidine groups is 1. The summed E-state index contributed by atoms with van der Waals surface area (Å²) in [5.74, 6) is -3.07. The second-order valence-electron chi connectivity index (χ2n) is 13.0. The standard InChI is InChI=1S/C39H47FN6O6/c1-24(2)35-34(37(50)44-28-12-7-4-8-13-28)33(25-10-5-3-6-11-25)36(26-15-17-27(40)18-16-26)46(35)21-19-29(47)22-30(48)23-32(49)45-31(38(51)52)14-9-20-43-39(41)42/h3-8,10-13,15-18,24,29-31,47-48H,9,14,19-23H2,1-2H3,(H,44,50)(H,45,49)(H,51,52)(H4,41,42,43)/t29-,30-,31+/m1/s1. The number of carbonyl (C=O) groups is 3. The molecule has 0 aliphatic rings. The van der Waals surface area contributed by atoms with Crippen molar-refractivity contribution in [2.45, 2.75) is 76.7 Å². The molecule has 3 aromatic carbocycles. The van der Waals surface area contributed by atoms with Crippen LogP contribution in [0.4, 0.5) is 10.1 Å². The van der Waals surface area contributed by atoms with Gasteiger partial charge in [0, 0.05) is 30.0 Å². The summed E-state index contributed by atoms with van der Waals surface area (Å²) < 4.78 is 16.2. The quantitative estimate of drug-likeness (QED) is 0.0397. The van der Waals surface area contributed by atoms with Crippen LogP contribution in [0.2, 0.25) is 0 Å². The van der Waals surface area contributed by atoms with Crippen LogP contribution >= 0.6 is 0 Å². The van der Waals surface area contributed by atoms with E-state index in [9.17, 15) is 34.1 Å². The van der Waals surface area contributed by atoms with Crippen LogP contribution in [0, 0.1) is 11.2 Å². The first-order valence-corrected chi connectivity index (χ1v) is 17.3. The SMILES string of the molecule is CC(C)c1c(C(=O)Nc2ccccc2)c(-c2ccccc2)c(-c2ccc(F)cc2)n1CC[C@@H](O)C[C@@H](O)CC(=O)N[C@@H](CCCNC(=N)N)C(=O)O. The number of carboxylic acids is 1. The van der Waals surface area contributed by atoms with Gasteiger partial charge in [0.15, 0.2) is 5.96 Å². The van der Waals surface area contributed by atoms with Crippen molar-refractivity contribution in [3.8, 4) is 22.4 Å². The number of aliphatic carboxylic acids is 1. The van der Waals surface area contributed by atoms with E-state index in [1.54, 1.807) is 24.3 Å². The van der Waals surface area contributed by atoms with Crippen molar-refractivity contribution in [1.82, 2.24) is 15.2 Å². The number of halogens is 1. The zero-order chi connectivity index (χ0) is 37.8. The van der Waals surface area contributed by atoms with Crippen molar-refractivity contribution in [2.75, 3.05) is 11.9 Å². The van der Waals surface area contributed by atoms with Gasteiger partial charge in [0.25, 0.3) is 5.91 Å². The number of hydrogen-bond acceptors (Lipinski definition) is 6. The Morgan fingerprint density at radius 3 is 2.12 bits per heavy atom. The highest BCUT2D eigenvalue weighted by atomic mass is 19.1. The molecule has 276 valence electrons. The molecule has 0 fully saturated rings. The molecule has 12 nitrogen and oxygen atoms in total. The van der Waals surface area contributed by atoms with Crippen molar-refractivity contribution < 1.29 is 34.1 Å². The monoisotopic (exact) mass is 714 g/mol. The Morgan fingerprint density at radius 2 is 1.52 bits per heavy atom. The molecular formula is C39H47FN6O6. The maximum absolute atomic E-state index is 14.2. The molecule has 52 heavy (non-hydrogen) atoms. The Bertz CT molecular complexity index is 1810. The fourth-order valence-electron chi connectivity index (χ4n) is 6.26. The van der Waals surface area contributed by atoms with Crippen LogP contribution in [-0.4, -0.2) is 68.4 Å². The summed E-state index contributed by atoms with van der Waals surface area (Å²) in [6, 6.07) is 23.4. The van der Waals surface area contributed by atoms with E-state index in [0.29, 0.717) is 40.2 Å². The summed E-state index contributed by atoms with van der Waals surface area (Å²) in [5, 5.41) is 46.5. The third kappa shape index (κ3) is 10.7. The van der Waals surface area contributed by atoms with Gasteiger partial charge in [-0.05, 0) is 79.1 Å². The van der Waals surface area contributed by atoms with Crippen molar-refractivity contribution in [3.05, 3.63) is 102 Å². The summed E-state index contributed by atoms with van der Waals surface area (Å²) >= 11 is 0. The number of nitrogens with two attached hydrogens (primary N) is 1. The number of carbonyl (C=O) groups excluding carboxylic acids is 2. The number of amides is 2. The smallest absolute Gasteiger partial charge is 0.326 e. The van der Waals surface area contributed by atoms with Gasteiger partial charge in [0.2, 0.25) is 5.91 Å². The Morgan fingerprint density at radius 1 is 0.885 bits per heavy atom. The first kappa shape index (κ1) is 39.3. The molecule has 0 spiro atoms. The predicted octanol–water partition coefficient (Wildman–Crippen LogP) is 5.06. The van der Waals surface area contributed by atoms with Crippen LogP contribution in [0.5, 0.6) is 0 Å². The molecule has 0 saturated carbocycles. The number of aromatic nitrogens is 1. The van der Waals surface area contributed by atoms with Crippen LogP contribution in [-0.2, 0) is 16.1 Å². The van der Waals surface area contributed by atoms with E-state index < -0.39 is 42.4 Å². The molecule has 0 aliphatic heterocycles. The molecule has 2 amide bonds. The second-order valence-corrected chi connectivity index (χ2v) is 13.0. The highest BCUT2D eigenvalue weighted by molar-refractivity contribution is 6.12. The van der Waals surface area contributed by atoms with Crippen LogP contribution in [0.1, 0.15) is 67.9 Å². The lowest BCUT2D eigenvalue weighted by Crippen LogP contribution is -2.42. The Hall–Kier alpha value is -5.53. The Kier molecular flexibility index (Phi) is 14.1. The van der Waals surface area contributed by atoms with Crippen molar-refractivity contribution >= 4 is 29.4 Å². The van der Waals surface area contributed by atoms with Crippen molar-refractivity contribution in [3.63, 3.8) is 0 Å². The lowest BCUT2D eigenvalue weighted by Gasteiger charge is -2.21. The summed E-state index contributed by atoms with van der Waals surface area (Å²) in [4.78, 5) is 38.5. The average Bonchev–Trinajstić information content (AvgIpc) is 3.45. The summed E-state index contributed by atoms with van der Waals surface area (Å²) in [7, 11) is 0. The van der Waals surface area contributed by atoms with Gasteiger partial charge in [-0.2, -0.15) is 0 Å². The average molecular weight is 715 g/mol. The predicted molar refractivity (Wildman–Crippen MR) is 198 cm³/mol. The minimum Gasteiger partial charge on any atom is -0.480 e. The number of carboxylic acid groups (broad SMARTS) is 1. The topological polar surface area (TPSA) is 203 Å². The van der Waals surface area contributed by atoms with Gasteiger partial charge in [-0.1, -0.05) is 62.4 Å². The van der Waals surface area contributed by atoms with Gasteiger partial charge in [0.1, 0.15) is 11.9 Å². The third-order valence-corrected chi connectivity index (χ3v) is 8.56. The Labute approximate surface area is 302 Å². The molecule has 0 aliphatic carbocycles. The molecule has 0 unspecified atom stereocenters. The number of benzene rings is 3. The largest absolute Gasteiger partial charge is 0.480 e. The number of aliphatic hydroxyl groups excluding tert-OH is 2. The minimum atomic E-state index is -1.26. The normalized spacial score (nSPS) is 12.9. The van der Waals surface area contributed by atoms with E-state index in [0.717, 1.165) is 5.56 Å². The lowest BCUT2D eigenvalue weighted by atomic mass is 9.94. The number of aliphatic hydroxyl groups is 2. The van der Waals surface area contributed by atoms with E-state index in [2.05, 4.69) is 16.0 Å². The van der Waals surface area contributed by atoms with Crippen molar-refractivity contribution in [2.24, 2.45) is 5.73 Å². The first-order valence-electron chi connectivity index (χ1n) is 17.3. The fraction of sp³-hybridized carbons (Fsp3) is 0.333. The number of rotatable bonds is 18. The lowest BCUT2D eigenvalue weighted by molar-refractivity contribution is -0.142. The maximum atomic E-state index is 14.2. The van der Waals surface area contributed by atoms with Gasteiger partial charge in [-0.15, -0.1) is 0 Å². The molecule has 0 bridgehead atoms. The van der Waals surface area contributed by atoms with Gasteiger partial charge in [-0.3, -0.25) is 15.0 Å². The van der Waals surface area contributed by atoms with Crippen LogP contribution < -0.4 is 21.7 Å². The van der Waals surface area contributed by atoms with Crippen molar-refractivity contribution in [1.29, 1.82) is 5.41 Å². The maximum Gasteiger partial charge on any atom is 0.326 e. The molecule has 1 heterocycles. The van der Waals surface area contributed by atoms with Gasteiger partial charge < -0.3 is 41.6 Å². The van der Waals surface area contributed by atoms with E-state index in [4.69, 9.17) is 11.1 Å². The van der Waals surface area contributed by atoms with Gasteiger partial charge in [0.05, 0.1) is 29.9 Å². The summed E-state index contributed by atoms with van der Waals surface area (Å²) in [5.41, 5.74) is 9.76. The van der Waals surface area contributed by atoms with E-state index >= 15 is 0 Å². The van der Waals surface area contributed by atoms with Gasteiger partial charge in [-0.25, -0.2) is 9.18 Å². The van der Waals surface area contributed by atoms with Gasteiger partial charge >= 0.3 is 5.97 Å². The number of para-hydroxylation sites is 1. The zero-order valence-electron chi connectivity index (χ0n) is 29.3. The first-order chi connectivity index (χ1) is 24.8. The minimum absolute atomic E-state index is 0.0852. The summed E-state index contributed by atoms with van der Waals surface area (Å²) in [6.07, 6.45) is -2.36. The molecule has 13 heteroatoms. The van der Waals surface area contributed by atoms with Crippen LogP contribution in [0.25, 0.3) is 22.4 Å². The number of hydrogen-bond donors (Lipinski definition) is 8. The van der Waals surface area contributed by atoms with E-state index in [-0.39, 0.29) is 50.1 Å². The molecule has 0 radical (unpaired) electrons. The highest BCUT2D eigenvalue weighted by Crippen LogP contribution is 2.42. The van der Waals surface area contributed by atoms with E-state index in [1.807, 2.05) is 66.9 Å². The third-order valence-electron chi connectivity index (χ3n) is 8.56. The second kappa shape index (κ2) is 18.6. The molecule has 4 rings (SSSR count). The molecular weight excluding hydrogens is 667 g/mol.